The summed E-state index contributed by atoms with van der Waals surface area (Å²) in [7, 11) is 0. The van der Waals surface area contributed by atoms with Crippen molar-refractivity contribution in [2.45, 2.75) is 12.8 Å². The third-order valence-electron chi connectivity index (χ3n) is 4.43. The van der Waals surface area contributed by atoms with Crippen LogP contribution in [0.2, 0.25) is 0 Å². The third-order valence-corrected chi connectivity index (χ3v) is 4.43. The van der Waals surface area contributed by atoms with Crippen LogP contribution in [0.4, 0.5) is 10.5 Å². The fourth-order valence-electron chi connectivity index (χ4n) is 3.32. The Morgan fingerprint density at radius 3 is 2.54 bits per heavy atom. The van der Waals surface area contributed by atoms with Gasteiger partial charge in [-0.3, -0.25) is 9.69 Å². The molecule has 0 aliphatic carbocycles. The number of benzene rings is 2. The highest BCUT2D eigenvalue weighted by Crippen LogP contribution is 2.36. The lowest BCUT2D eigenvalue weighted by Crippen LogP contribution is -2.34. The lowest BCUT2D eigenvalue weighted by Gasteiger charge is -2.21. The Balaban J connectivity index is 1.94. The smallest absolute Gasteiger partial charge is 0.336 e. The topological polar surface area (TPSA) is 84.6 Å². The van der Waals surface area contributed by atoms with E-state index in [1.807, 2.05) is 0 Å². The van der Waals surface area contributed by atoms with Crippen LogP contribution in [0.15, 0.2) is 47.9 Å². The molecule has 6 heteroatoms. The number of rotatable bonds is 1. The van der Waals surface area contributed by atoms with Crippen molar-refractivity contribution < 1.29 is 14.7 Å². The zero-order valence-electron chi connectivity index (χ0n) is 12.7. The number of amides is 3. The van der Waals surface area contributed by atoms with Gasteiger partial charge in [0, 0.05) is 23.7 Å². The first-order valence-corrected chi connectivity index (χ1v) is 7.63. The molecule has 1 saturated heterocycles. The highest BCUT2D eigenvalue weighted by molar-refractivity contribution is 6.29. The molecular formula is C18H13N3O3. The molecule has 2 aliphatic heterocycles. The standard InChI is InChI=1S/C18H13N3O3/c19-10-11-7-8-14(13-5-2-1-4-12(11)13)21-17(23)16-15(22)6-3-9-20(16)18(21)24/h1-2,4-5,7-8,22H,3,6,9H2. The van der Waals surface area contributed by atoms with Crippen molar-refractivity contribution in [2.24, 2.45) is 0 Å². The number of aliphatic hydroxyl groups is 1. The van der Waals surface area contributed by atoms with E-state index >= 15 is 0 Å². The highest BCUT2D eigenvalue weighted by atomic mass is 16.3. The van der Waals surface area contributed by atoms with E-state index in [9.17, 15) is 20.0 Å². The van der Waals surface area contributed by atoms with E-state index in [0.717, 1.165) is 4.90 Å². The molecule has 2 aliphatic rings. The maximum Gasteiger partial charge on any atom is 0.336 e. The molecule has 0 spiro atoms. The van der Waals surface area contributed by atoms with Crippen LogP contribution in [0.5, 0.6) is 0 Å². The van der Waals surface area contributed by atoms with Gasteiger partial charge in [0.05, 0.1) is 17.3 Å². The molecule has 3 amide bonds. The number of allylic oxidation sites excluding steroid dienone is 1. The van der Waals surface area contributed by atoms with Crippen LogP contribution < -0.4 is 4.90 Å². The Labute approximate surface area is 137 Å². The molecule has 0 aromatic heterocycles. The van der Waals surface area contributed by atoms with E-state index in [-0.39, 0.29) is 11.5 Å². The summed E-state index contributed by atoms with van der Waals surface area (Å²) in [6.07, 6.45) is 1.02. The maximum atomic E-state index is 12.7. The summed E-state index contributed by atoms with van der Waals surface area (Å²) < 4.78 is 0. The quantitative estimate of drug-likeness (QED) is 0.819. The summed E-state index contributed by atoms with van der Waals surface area (Å²) in [6, 6.07) is 12.0. The van der Waals surface area contributed by atoms with Gasteiger partial charge < -0.3 is 5.11 Å². The van der Waals surface area contributed by atoms with Gasteiger partial charge in [-0.1, -0.05) is 24.3 Å². The largest absolute Gasteiger partial charge is 0.510 e. The summed E-state index contributed by atoms with van der Waals surface area (Å²) >= 11 is 0. The molecule has 6 nitrogen and oxygen atoms in total. The van der Waals surface area contributed by atoms with Crippen molar-refractivity contribution in [3.05, 3.63) is 53.4 Å². The minimum absolute atomic E-state index is 0.0416. The fraction of sp³-hybridized carbons (Fsp3) is 0.167. The SMILES string of the molecule is N#Cc1ccc(N2C(=O)C3=C(O)CCCN3C2=O)c2ccccc12. The van der Waals surface area contributed by atoms with Gasteiger partial charge in [0.2, 0.25) is 0 Å². The Morgan fingerprint density at radius 1 is 1.08 bits per heavy atom. The van der Waals surface area contributed by atoms with Crippen LogP contribution >= 0.6 is 0 Å². The van der Waals surface area contributed by atoms with Gasteiger partial charge in [-0.2, -0.15) is 5.26 Å². The van der Waals surface area contributed by atoms with Crippen LogP contribution in [0.1, 0.15) is 18.4 Å². The Bertz CT molecular complexity index is 971. The molecule has 0 radical (unpaired) electrons. The molecule has 1 N–H and O–H groups in total. The van der Waals surface area contributed by atoms with Crippen molar-refractivity contribution in [3.8, 4) is 6.07 Å². The van der Waals surface area contributed by atoms with Crippen LogP contribution in [0.25, 0.3) is 10.8 Å². The van der Waals surface area contributed by atoms with Gasteiger partial charge >= 0.3 is 6.03 Å². The van der Waals surface area contributed by atoms with Gasteiger partial charge in [-0.15, -0.1) is 0 Å². The summed E-state index contributed by atoms with van der Waals surface area (Å²) in [4.78, 5) is 27.9. The third kappa shape index (κ3) is 1.82. The molecule has 2 heterocycles. The average Bonchev–Trinajstić information content (AvgIpc) is 2.86. The van der Waals surface area contributed by atoms with E-state index in [1.54, 1.807) is 36.4 Å². The van der Waals surface area contributed by atoms with E-state index < -0.39 is 11.9 Å². The van der Waals surface area contributed by atoms with Gasteiger partial charge in [0.25, 0.3) is 5.91 Å². The highest BCUT2D eigenvalue weighted by Gasteiger charge is 2.45. The number of imide groups is 1. The zero-order valence-corrected chi connectivity index (χ0v) is 12.7. The molecule has 0 bridgehead atoms. The molecule has 118 valence electrons. The van der Waals surface area contributed by atoms with E-state index in [1.165, 1.54) is 4.90 Å². The summed E-state index contributed by atoms with van der Waals surface area (Å²) in [5, 5.41) is 20.6. The molecule has 1 fully saturated rings. The first kappa shape index (κ1) is 14.3. The Hall–Kier alpha value is -3.33. The first-order valence-electron chi connectivity index (χ1n) is 7.63. The van der Waals surface area contributed by atoms with Crippen molar-refractivity contribution in [1.29, 1.82) is 5.26 Å². The minimum Gasteiger partial charge on any atom is -0.510 e. The maximum absolute atomic E-state index is 12.7. The number of aliphatic hydroxyl groups excluding tert-OH is 1. The molecule has 0 atom stereocenters. The molecule has 2 aromatic rings. The molecule has 24 heavy (non-hydrogen) atoms. The second kappa shape index (κ2) is 5.10. The predicted octanol–water partition coefficient (Wildman–Crippen LogP) is 3.04. The van der Waals surface area contributed by atoms with Gasteiger partial charge in [-0.25, -0.2) is 9.69 Å². The molecular weight excluding hydrogens is 306 g/mol. The second-order valence-electron chi connectivity index (χ2n) is 5.76. The van der Waals surface area contributed by atoms with Gasteiger partial charge in [0.1, 0.15) is 11.5 Å². The van der Waals surface area contributed by atoms with E-state index in [0.29, 0.717) is 41.4 Å². The Kier molecular flexibility index (Phi) is 3.03. The minimum atomic E-state index is -0.521. The van der Waals surface area contributed by atoms with Crippen LogP contribution in [-0.2, 0) is 4.79 Å². The zero-order chi connectivity index (χ0) is 16.8. The van der Waals surface area contributed by atoms with Crippen LogP contribution in [-0.4, -0.2) is 28.5 Å². The number of urea groups is 1. The monoisotopic (exact) mass is 319 g/mol. The normalized spacial score (nSPS) is 17.5. The number of hydrogen-bond donors (Lipinski definition) is 1. The van der Waals surface area contributed by atoms with E-state index in [2.05, 4.69) is 6.07 Å². The lowest BCUT2D eigenvalue weighted by molar-refractivity contribution is -0.114. The number of nitriles is 1. The van der Waals surface area contributed by atoms with Gasteiger partial charge in [0.15, 0.2) is 0 Å². The van der Waals surface area contributed by atoms with Crippen molar-refractivity contribution in [2.75, 3.05) is 11.4 Å². The second-order valence-corrected chi connectivity index (χ2v) is 5.76. The summed E-state index contributed by atoms with van der Waals surface area (Å²) in [5.74, 6) is -0.563. The van der Waals surface area contributed by atoms with Gasteiger partial charge in [-0.05, 0) is 18.6 Å². The van der Waals surface area contributed by atoms with Crippen molar-refractivity contribution >= 4 is 28.4 Å². The first-order chi connectivity index (χ1) is 11.6. The lowest BCUT2D eigenvalue weighted by atomic mass is 10.0. The number of anilines is 1. The van der Waals surface area contributed by atoms with Crippen molar-refractivity contribution in [3.63, 3.8) is 0 Å². The van der Waals surface area contributed by atoms with Crippen LogP contribution in [0, 0.1) is 11.3 Å². The predicted molar refractivity (Wildman–Crippen MR) is 87.1 cm³/mol. The number of nitrogens with zero attached hydrogens (tertiary/aromatic N) is 3. The van der Waals surface area contributed by atoms with E-state index in [4.69, 9.17) is 0 Å². The molecule has 2 aromatic carbocycles. The fourth-order valence-corrected chi connectivity index (χ4v) is 3.32. The number of hydrogen-bond acceptors (Lipinski definition) is 4. The average molecular weight is 319 g/mol. The Morgan fingerprint density at radius 2 is 1.83 bits per heavy atom. The number of carbonyl (C=O) groups is 2. The molecule has 4 rings (SSSR count). The summed E-state index contributed by atoms with van der Waals surface area (Å²) in [5.41, 5.74) is 0.974. The molecule has 0 unspecified atom stereocenters. The molecule has 0 saturated carbocycles. The number of carbonyl (C=O) groups excluding carboxylic acids is 2. The van der Waals surface area contributed by atoms with Crippen molar-refractivity contribution in [1.82, 2.24) is 4.90 Å². The summed E-state index contributed by atoms with van der Waals surface area (Å²) in [6.45, 7) is 0.411. The number of fused-ring (bicyclic) bond motifs is 2. The van der Waals surface area contributed by atoms with Crippen LogP contribution in [0.3, 0.4) is 0 Å².